The minimum absolute atomic E-state index is 0.0530. The molecule has 0 unspecified atom stereocenters. The molecule has 0 radical (unpaired) electrons. The first-order valence-electron chi connectivity index (χ1n) is 10.1. The van der Waals surface area contributed by atoms with Crippen molar-refractivity contribution in [1.82, 2.24) is 25.1 Å². The summed E-state index contributed by atoms with van der Waals surface area (Å²) >= 11 is 0. The molecule has 7 nitrogen and oxygen atoms in total. The monoisotopic (exact) mass is 386 g/mol. The molecule has 9 heteroatoms. The first-order chi connectivity index (χ1) is 14.1. The van der Waals surface area contributed by atoms with Crippen molar-refractivity contribution in [3.05, 3.63) is 47.6 Å². The minimum atomic E-state index is -0.0530. The summed E-state index contributed by atoms with van der Waals surface area (Å²) in [4.78, 5) is 20.6. The molecule has 2 aromatic heterocycles. The summed E-state index contributed by atoms with van der Waals surface area (Å²) in [5, 5.41) is 8.63. The van der Waals surface area contributed by atoms with E-state index in [1.807, 2.05) is 36.8 Å². The zero-order valence-electron chi connectivity index (χ0n) is 16.9. The number of carbonyl (C=O) groups excluding carboxylic acids is 1. The lowest BCUT2D eigenvalue weighted by Crippen LogP contribution is -2.24. The first kappa shape index (κ1) is 19.2. The van der Waals surface area contributed by atoms with E-state index < -0.39 is 0 Å². The molecule has 1 aromatic carbocycles. The zero-order chi connectivity index (χ0) is 20.4. The van der Waals surface area contributed by atoms with Gasteiger partial charge in [-0.1, -0.05) is 37.1 Å². The van der Waals surface area contributed by atoms with Gasteiger partial charge in [0.05, 0.1) is 11.4 Å². The molecule has 1 aliphatic carbocycles. The van der Waals surface area contributed by atoms with Crippen LogP contribution in [0.15, 0.2) is 42.0 Å². The molecule has 0 saturated heterocycles. The van der Waals surface area contributed by atoms with E-state index in [4.69, 9.17) is 10.8 Å². The van der Waals surface area contributed by atoms with Gasteiger partial charge in [0.2, 0.25) is 5.91 Å². The van der Waals surface area contributed by atoms with E-state index in [1.54, 1.807) is 13.8 Å². The van der Waals surface area contributed by atoms with Crippen molar-refractivity contribution < 1.29 is 4.79 Å². The highest BCUT2D eigenvalue weighted by molar-refractivity contribution is 6.40. The number of amides is 1. The Balaban J connectivity index is 1.64. The fraction of sp³-hybridized carbons (Fsp3) is 0.300. The Morgan fingerprint density at radius 3 is 2.66 bits per heavy atom. The van der Waals surface area contributed by atoms with Crippen LogP contribution in [0.4, 0.5) is 5.82 Å². The van der Waals surface area contributed by atoms with Crippen molar-refractivity contribution in [3.63, 3.8) is 0 Å². The average molecular weight is 386 g/mol. The summed E-state index contributed by atoms with van der Waals surface area (Å²) in [7, 11) is 3.66. The first-order valence-corrected chi connectivity index (χ1v) is 10.1. The van der Waals surface area contributed by atoms with Crippen LogP contribution in [0.5, 0.6) is 0 Å². The molecule has 3 aromatic rings. The third-order valence-electron chi connectivity index (χ3n) is 5.66. The number of hydrogen-bond acceptors (Lipinski definition) is 5. The van der Waals surface area contributed by atoms with Crippen molar-refractivity contribution in [3.8, 4) is 11.3 Å². The summed E-state index contributed by atoms with van der Waals surface area (Å²) in [5.41, 5.74) is 10.5. The number of carbonyl (C=O) groups is 1. The Bertz CT molecular complexity index is 1070. The predicted octanol–water partition coefficient (Wildman–Crippen LogP) is 0.914. The van der Waals surface area contributed by atoms with E-state index in [2.05, 4.69) is 15.3 Å². The highest BCUT2D eigenvalue weighted by atomic mass is 16.1. The summed E-state index contributed by atoms with van der Waals surface area (Å²) in [6.07, 6.45) is 6.17. The van der Waals surface area contributed by atoms with Crippen LogP contribution in [0.3, 0.4) is 0 Å². The minimum Gasteiger partial charge on any atom is -0.383 e. The van der Waals surface area contributed by atoms with Gasteiger partial charge in [-0.3, -0.25) is 4.79 Å². The fourth-order valence-electron chi connectivity index (χ4n) is 3.83. The van der Waals surface area contributed by atoms with Gasteiger partial charge in [-0.05, 0) is 23.9 Å². The van der Waals surface area contributed by atoms with Gasteiger partial charge in [0.1, 0.15) is 33.5 Å². The second kappa shape index (κ2) is 8.11. The number of anilines is 1. The van der Waals surface area contributed by atoms with E-state index in [0.717, 1.165) is 40.7 Å². The lowest BCUT2D eigenvalue weighted by molar-refractivity contribution is -0.117. The standard InChI is InChI=1S/C20H24B2N6O/c21-9-15(22)20(29)24-10-12-5-7-13(8-6-12)17-16-18(23)25-11-26-19(16)28(27-17)14-3-1-2-4-14/h5-9,11,14H,1-4,10,21-22H2,(H,24,29)(H2,23,25,26)/b15-9-. The normalized spacial score (nSPS) is 15.1. The van der Waals surface area contributed by atoms with Crippen LogP contribution < -0.4 is 11.1 Å². The highest BCUT2D eigenvalue weighted by Crippen LogP contribution is 2.36. The fourth-order valence-corrected chi connectivity index (χ4v) is 3.83. The van der Waals surface area contributed by atoms with Gasteiger partial charge in [-0.15, -0.1) is 5.98 Å². The molecule has 1 aliphatic rings. The number of rotatable bonds is 5. The van der Waals surface area contributed by atoms with Gasteiger partial charge in [0, 0.05) is 12.1 Å². The molecule has 0 bridgehead atoms. The lowest BCUT2D eigenvalue weighted by Gasteiger charge is -2.10. The number of aromatic nitrogens is 4. The number of nitrogens with two attached hydrogens (primary N) is 1. The second-order valence-corrected chi connectivity index (χ2v) is 7.54. The van der Waals surface area contributed by atoms with Crippen LogP contribution in [0.2, 0.25) is 0 Å². The van der Waals surface area contributed by atoms with Crippen molar-refractivity contribution in [2.45, 2.75) is 38.3 Å². The SMILES string of the molecule is B/C=C(\B)C(=O)NCc1ccc(-c2nn(C3CCCC3)c3ncnc(N)c23)cc1. The average Bonchev–Trinajstić information content (AvgIpc) is 3.40. The predicted molar refractivity (Wildman–Crippen MR) is 120 cm³/mol. The van der Waals surface area contributed by atoms with Gasteiger partial charge in [-0.2, -0.15) is 5.10 Å². The lowest BCUT2D eigenvalue weighted by atomic mass is 9.89. The molecular formula is C20H24B2N6O. The van der Waals surface area contributed by atoms with E-state index in [0.29, 0.717) is 23.9 Å². The van der Waals surface area contributed by atoms with Crippen LogP contribution in [0.25, 0.3) is 22.3 Å². The van der Waals surface area contributed by atoms with Crippen LogP contribution in [0.1, 0.15) is 37.3 Å². The molecule has 0 aliphatic heterocycles. The van der Waals surface area contributed by atoms with Gasteiger partial charge < -0.3 is 11.1 Å². The second-order valence-electron chi connectivity index (χ2n) is 7.54. The summed E-state index contributed by atoms with van der Waals surface area (Å²) in [5.74, 6) is 2.20. The molecule has 3 N–H and O–H groups in total. The van der Waals surface area contributed by atoms with Gasteiger partial charge in [0.15, 0.2) is 5.65 Å². The van der Waals surface area contributed by atoms with E-state index >= 15 is 0 Å². The third-order valence-corrected chi connectivity index (χ3v) is 5.66. The third kappa shape index (κ3) is 3.77. The Morgan fingerprint density at radius 2 is 1.97 bits per heavy atom. The molecule has 0 spiro atoms. The molecule has 29 heavy (non-hydrogen) atoms. The van der Waals surface area contributed by atoms with E-state index in [-0.39, 0.29) is 5.91 Å². The number of nitrogens with one attached hydrogen (secondary N) is 1. The molecule has 1 saturated carbocycles. The highest BCUT2D eigenvalue weighted by Gasteiger charge is 2.24. The van der Waals surface area contributed by atoms with Gasteiger partial charge in [-0.25, -0.2) is 14.6 Å². The quantitative estimate of drug-likeness (QED) is 0.502. The molecule has 1 amide bonds. The van der Waals surface area contributed by atoms with E-state index in [1.165, 1.54) is 19.2 Å². The molecule has 4 rings (SSSR count). The van der Waals surface area contributed by atoms with E-state index in [9.17, 15) is 4.79 Å². The van der Waals surface area contributed by atoms with Crippen LogP contribution in [0, 0.1) is 0 Å². The largest absolute Gasteiger partial charge is 0.383 e. The van der Waals surface area contributed by atoms with Crippen molar-refractivity contribution in [2.75, 3.05) is 5.73 Å². The number of hydrogen-bond donors (Lipinski definition) is 2. The molecule has 146 valence electrons. The molecule has 0 atom stereocenters. The number of nitrogens with zero attached hydrogens (tertiary/aromatic N) is 4. The van der Waals surface area contributed by atoms with Crippen molar-refractivity contribution in [1.29, 1.82) is 0 Å². The van der Waals surface area contributed by atoms with Crippen molar-refractivity contribution in [2.24, 2.45) is 0 Å². The number of nitrogen functional groups attached to an aromatic ring is 1. The summed E-state index contributed by atoms with van der Waals surface area (Å²) < 4.78 is 2.03. The Morgan fingerprint density at radius 1 is 1.24 bits per heavy atom. The van der Waals surface area contributed by atoms with Gasteiger partial charge >= 0.3 is 0 Å². The van der Waals surface area contributed by atoms with Crippen LogP contribution in [-0.4, -0.2) is 41.3 Å². The Kier molecular flexibility index (Phi) is 5.38. The maximum absolute atomic E-state index is 11.9. The van der Waals surface area contributed by atoms with Crippen LogP contribution >= 0.6 is 0 Å². The maximum Gasteiger partial charge on any atom is 0.236 e. The van der Waals surface area contributed by atoms with Crippen molar-refractivity contribution >= 4 is 38.5 Å². The number of fused-ring (bicyclic) bond motifs is 1. The Hall–Kier alpha value is -3.09. The molecular weight excluding hydrogens is 362 g/mol. The van der Waals surface area contributed by atoms with Gasteiger partial charge in [0.25, 0.3) is 0 Å². The molecule has 1 fully saturated rings. The smallest absolute Gasteiger partial charge is 0.236 e. The van der Waals surface area contributed by atoms with Crippen LogP contribution in [-0.2, 0) is 11.3 Å². The summed E-state index contributed by atoms with van der Waals surface area (Å²) in [6.45, 7) is 0.479. The maximum atomic E-state index is 11.9. The Labute approximate surface area is 171 Å². The topological polar surface area (TPSA) is 98.7 Å². The molecule has 2 heterocycles. The number of benzene rings is 1. The zero-order valence-corrected chi connectivity index (χ0v) is 16.9. The summed E-state index contributed by atoms with van der Waals surface area (Å²) in [6, 6.07) is 8.39.